The third-order valence-corrected chi connectivity index (χ3v) is 6.39. The van der Waals surface area contributed by atoms with Gasteiger partial charge in [-0.15, -0.1) is 13.2 Å². The minimum absolute atomic E-state index is 0.119. The van der Waals surface area contributed by atoms with Crippen molar-refractivity contribution < 1.29 is 17.9 Å². The van der Waals surface area contributed by atoms with Crippen LogP contribution in [0.3, 0.4) is 0 Å². The first kappa shape index (κ1) is 21.7. The van der Waals surface area contributed by atoms with E-state index in [1.54, 1.807) is 12.1 Å². The molecule has 1 fully saturated rings. The van der Waals surface area contributed by atoms with E-state index in [2.05, 4.69) is 18.6 Å². The Morgan fingerprint density at radius 2 is 1.69 bits per heavy atom. The second-order valence-corrected chi connectivity index (χ2v) is 8.47. The highest BCUT2D eigenvalue weighted by molar-refractivity contribution is 5.69. The summed E-state index contributed by atoms with van der Waals surface area (Å²) in [7, 11) is 0. The average molecular weight is 405 g/mol. The lowest BCUT2D eigenvalue weighted by Crippen LogP contribution is -2.18. The van der Waals surface area contributed by atoms with E-state index in [0.717, 1.165) is 54.2 Å². The number of alkyl halides is 3. The Kier molecular flexibility index (Phi) is 7.26. The van der Waals surface area contributed by atoms with Gasteiger partial charge in [0.25, 0.3) is 0 Å². The van der Waals surface area contributed by atoms with Gasteiger partial charge in [0.1, 0.15) is 5.75 Å². The zero-order valence-corrected chi connectivity index (χ0v) is 17.3. The molecule has 0 spiro atoms. The van der Waals surface area contributed by atoms with Gasteiger partial charge in [-0.1, -0.05) is 69.5 Å². The topological polar surface area (TPSA) is 9.23 Å². The van der Waals surface area contributed by atoms with Gasteiger partial charge in [0.15, 0.2) is 0 Å². The molecule has 3 rings (SSSR count). The monoisotopic (exact) mass is 404 g/mol. The predicted octanol–water partition coefficient (Wildman–Crippen LogP) is 8.35. The van der Waals surface area contributed by atoms with Crippen molar-refractivity contribution in [1.82, 2.24) is 0 Å². The molecule has 0 amide bonds. The fraction of sp³-hybridized carbons (Fsp3) is 0.520. The molecule has 1 atom stereocenters. The Morgan fingerprint density at radius 1 is 1.00 bits per heavy atom. The summed E-state index contributed by atoms with van der Waals surface area (Å²) in [5, 5.41) is 0. The smallest absolute Gasteiger partial charge is 0.406 e. The van der Waals surface area contributed by atoms with Crippen molar-refractivity contribution in [1.29, 1.82) is 0 Å². The van der Waals surface area contributed by atoms with Crippen LogP contribution in [0.4, 0.5) is 13.2 Å². The minimum atomic E-state index is -4.67. The largest absolute Gasteiger partial charge is 0.573 e. The molecule has 1 nitrogen and oxygen atoms in total. The van der Waals surface area contributed by atoms with E-state index >= 15 is 0 Å². The molecule has 0 aliphatic heterocycles. The van der Waals surface area contributed by atoms with Crippen molar-refractivity contribution in [3.05, 3.63) is 54.1 Å². The van der Waals surface area contributed by atoms with Crippen LogP contribution >= 0.6 is 0 Å². The highest BCUT2D eigenvalue weighted by atomic mass is 19.4. The number of halogens is 3. The number of rotatable bonds is 7. The Balaban J connectivity index is 1.78. The molecule has 2 aromatic carbocycles. The van der Waals surface area contributed by atoms with E-state index in [9.17, 15) is 13.2 Å². The standard InChI is InChI=1S/C25H31F3O/c1-3-18(2)9-10-19-11-13-21(14-12-19)24-17-22(29-25(26,27)28)15-16-23(24)20-7-5-4-6-8-20/h4-8,15-19,21H,3,9-14H2,1-2H3. The lowest BCUT2D eigenvalue weighted by molar-refractivity contribution is -0.274. The highest BCUT2D eigenvalue weighted by Crippen LogP contribution is 2.43. The fourth-order valence-electron chi connectivity index (χ4n) is 4.44. The fourth-order valence-corrected chi connectivity index (χ4v) is 4.44. The van der Waals surface area contributed by atoms with Crippen molar-refractivity contribution in [2.45, 2.75) is 71.1 Å². The summed E-state index contributed by atoms with van der Waals surface area (Å²) in [6.45, 7) is 4.55. The van der Waals surface area contributed by atoms with E-state index in [1.165, 1.54) is 25.3 Å². The Morgan fingerprint density at radius 3 is 2.31 bits per heavy atom. The molecule has 0 radical (unpaired) electrons. The van der Waals surface area contributed by atoms with Gasteiger partial charge in [0, 0.05) is 0 Å². The van der Waals surface area contributed by atoms with Gasteiger partial charge in [-0.05, 0) is 72.3 Å². The summed E-state index contributed by atoms with van der Waals surface area (Å²) in [6, 6.07) is 14.7. The zero-order valence-electron chi connectivity index (χ0n) is 17.3. The summed E-state index contributed by atoms with van der Waals surface area (Å²) < 4.78 is 42.5. The molecule has 0 N–H and O–H groups in total. The van der Waals surface area contributed by atoms with Gasteiger partial charge in [-0.2, -0.15) is 0 Å². The molecule has 4 heteroatoms. The first-order chi connectivity index (χ1) is 13.9. The van der Waals surface area contributed by atoms with Crippen LogP contribution in [0.15, 0.2) is 48.5 Å². The summed E-state index contributed by atoms with van der Waals surface area (Å²) in [5.74, 6) is 1.68. The third-order valence-electron chi connectivity index (χ3n) is 6.39. The zero-order chi connectivity index (χ0) is 20.9. The molecule has 0 bridgehead atoms. The maximum absolute atomic E-state index is 12.7. The van der Waals surface area contributed by atoms with Crippen LogP contribution in [-0.4, -0.2) is 6.36 Å². The van der Waals surface area contributed by atoms with Crippen LogP contribution in [0.5, 0.6) is 5.75 Å². The molecular weight excluding hydrogens is 373 g/mol. The molecule has 1 saturated carbocycles. The predicted molar refractivity (Wildman–Crippen MR) is 112 cm³/mol. The summed E-state index contributed by atoms with van der Waals surface area (Å²) in [6.07, 6.45) is 3.46. The quantitative estimate of drug-likeness (QED) is 0.450. The van der Waals surface area contributed by atoms with Crippen LogP contribution in [0.25, 0.3) is 11.1 Å². The lowest BCUT2D eigenvalue weighted by Gasteiger charge is -2.31. The van der Waals surface area contributed by atoms with Crippen molar-refractivity contribution >= 4 is 0 Å². The van der Waals surface area contributed by atoms with Crippen LogP contribution in [0.2, 0.25) is 0 Å². The van der Waals surface area contributed by atoms with Gasteiger partial charge < -0.3 is 4.74 Å². The number of hydrogen-bond acceptors (Lipinski definition) is 1. The maximum atomic E-state index is 12.7. The van der Waals surface area contributed by atoms with Crippen molar-refractivity contribution in [3.63, 3.8) is 0 Å². The van der Waals surface area contributed by atoms with Crippen molar-refractivity contribution in [2.75, 3.05) is 0 Å². The van der Waals surface area contributed by atoms with Gasteiger partial charge in [-0.25, -0.2) is 0 Å². The molecule has 1 unspecified atom stereocenters. The highest BCUT2D eigenvalue weighted by Gasteiger charge is 2.32. The van der Waals surface area contributed by atoms with Crippen molar-refractivity contribution in [3.8, 4) is 16.9 Å². The van der Waals surface area contributed by atoms with Gasteiger partial charge in [-0.3, -0.25) is 0 Å². The second kappa shape index (κ2) is 9.69. The average Bonchev–Trinajstić information content (AvgIpc) is 2.72. The molecular formula is C25H31F3O. The van der Waals surface area contributed by atoms with Gasteiger partial charge in [0.2, 0.25) is 0 Å². The number of benzene rings is 2. The summed E-state index contributed by atoms with van der Waals surface area (Å²) >= 11 is 0. The van der Waals surface area contributed by atoms with Crippen LogP contribution < -0.4 is 4.74 Å². The van der Waals surface area contributed by atoms with E-state index in [-0.39, 0.29) is 11.7 Å². The maximum Gasteiger partial charge on any atom is 0.573 e. The van der Waals surface area contributed by atoms with Gasteiger partial charge >= 0.3 is 6.36 Å². The van der Waals surface area contributed by atoms with Crippen molar-refractivity contribution in [2.24, 2.45) is 11.8 Å². The Hall–Kier alpha value is -1.97. The molecule has 2 aromatic rings. The second-order valence-electron chi connectivity index (χ2n) is 8.47. The molecule has 29 heavy (non-hydrogen) atoms. The first-order valence-corrected chi connectivity index (χ1v) is 10.8. The number of ether oxygens (including phenoxy) is 1. The minimum Gasteiger partial charge on any atom is -0.406 e. The third kappa shape index (κ3) is 6.25. The van der Waals surface area contributed by atoms with E-state index in [0.29, 0.717) is 0 Å². The molecule has 158 valence electrons. The number of hydrogen-bond donors (Lipinski definition) is 0. The van der Waals surface area contributed by atoms with Crippen LogP contribution in [0.1, 0.15) is 70.3 Å². The Labute approximate surface area is 172 Å². The van der Waals surface area contributed by atoms with Crippen LogP contribution in [0, 0.1) is 11.8 Å². The molecule has 0 heterocycles. The van der Waals surface area contributed by atoms with E-state index in [4.69, 9.17) is 0 Å². The van der Waals surface area contributed by atoms with E-state index < -0.39 is 6.36 Å². The molecule has 0 aromatic heterocycles. The summed E-state index contributed by atoms with van der Waals surface area (Å²) in [4.78, 5) is 0. The Bertz CT molecular complexity index is 761. The molecule has 1 aliphatic carbocycles. The molecule has 1 aliphatic rings. The summed E-state index contributed by atoms with van der Waals surface area (Å²) in [5.41, 5.74) is 3.04. The lowest BCUT2D eigenvalue weighted by atomic mass is 9.75. The van der Waals surface area contributed by atoms with Crippen LogP contribution in [-0.2, 0) is 0 Å². The molecule has 0 saturated heterocycles. The first-order valence-electron chi connectivity index (χ1n) is 10.8. The SMILES string of the molecule is CCC(C)CCC1CCC(c2cc(OC(F)(F)F)ccc2-c2ccccc2)CC1. The normalized spacial score (nSPS) is 21.0. The van der Waals surface area contributed by atoms with E-state index in [1.807, 2.05) is 30.3 Å². The van der Waals surface area contributed by atoms with Gasteiger partial charge in [0.05, 0.1) is 0 Å².